The summed E-state index contributed by atoms with van der Waals surface area (Å²) in [4.78, 5) is 16.8. The van der Waals surface area contributed by atoms with Crippen LogP contribution in [0.5, 0.6) is 0 Å². The minimum absolute atomic E-state index is 0.0745. The third-order valence-electron chi connectivity index (χ3n) is 4.56. The first-order chi connectivity index (χ1) is 11.6. The Morgan fingerprint density at radius 1 is 1.17 bits per heavy atom. The highest BCUT2D eigenvalue weighted by Gasteiger charge is 2.29. The Bertz CT molecular complexity index is 561. The van der Waals surface area contributed by atoms with Gasteiger partial charge in [0.15, 0.2) is 0 Å². The standard InChI is InChI=1S/C17H23F2N3OS/c18-14-5-3-6-15(19)16(14)20-17(23)22-9-4-10-24-12-13(22)11-21-7-1-2-8-21/h3,5-6,13H,1-2,4,7-12H2,(H,20,23). The van der Waals surface area contributed by atoms with E-state index in [-0.39, 0.29) is 11.7 Å². The molecule has 2 saturated heterocycles. The molecule has 1 atom stereocenters. The van der Waals surface area contributed by atoms with Crippen molar-refractivity contribution in [2.24, 2.45) is 0 Å². The number of para-hydroxylation sites is 1. The van der Waals surface area contributed by atoms with E-state index in [1.54, 1.807) is 4.90 Å². The fraction of sp³-hybridized carbons (Fsp3) is 0.588. The lowest BCUT2D eigenvalue weighted by Gasteiger charge is -2.32. The van der Waals surface area contributed by atoms with Crippen molar-refractivity contribution < 1.29 is 13.6 Å². The molecule has 0 spiro atoms. The molecule has 0 radical (unpaired) electrons. The van der Waals surface area contributed by atoms with Crippen LogP contribution in [0.25, 0.3) is 0 Å². The van der Waals surface area contributed by atoms with Crippen LogP contribution >= 0.6 is 11.8 Å². The van der Waals surface area contributed by atoms with E-state index in [1.165, 1.54) is 18.9 Å². The fourth-order valence-corrected chi connectivity index (χ4v) is 4.36. The highest BCUT2D eigenvalue weighted by Crippen LogP contribution is 2.22. The van der Waals surface area contributed by atoms with Crippen LogP contribution < -0.4 is 5.32 Å². The second kappa shape index (κ2) is 8.16. The molecule has 1 unspecified atom stereocenters. The third-order valence-corrected chi connectivity index (χ3v) is 5.76. The maximum absolute atomic E-state index is 13.8. The Labute approximate surface area is 145 Å². The minimum atomic E-state index is -0.747. The van der Waals surface area contributed by atoms with E-state index in [1.807, 2.05) is 11.8 Å². The summed E-state index contributed by atoms with van der Waals surface area (Å²) in [6.07, 6.45) is 3.30. The highest BCUT2D eigenvalue weighted by molar-refractivity contribution is 7.99. The first kappa shape index (κ1) is 17.5. The van der Waals surface area contributed by atoms with Crippen molar-refractivity contribution in [1.82, 2.24) is 9.80 Å². The minimum Gasteiger partial charge on any atom is -0.319 e. The second-order valence-electron chi connectivity index (χ2n) is 6.31. The monoisotopic (exact) mass is 355 g/mol. The molecule has 0 aliphatic carbocycles. The Kier molecular flexibility index (Phi) is 5.94. The van der Waals surface area contributed by atoms with Gasteiger partial charge in [-0.3, -0.25) is 0 Å². The van der Waals surface area contributed by atoms with Gasteiger partial charge in [-0.1, -0.05) is 6.07 Å². The van der Waals surface area contributed by atoms with Crippen LogP contribution in [-0.4, -0.2) is 59.6 Å². The lowest BCUT2D eigenvalue weighted by Crippen LogP contribution is -2.49. The van der Waals surface area contributed by atoms with Crippen LogP contribution in [0.2, 0.25) is 0 Å². The number of anilines is 1. The molecule has 4 nitrogen and oxygen atoms in total. The number of halogens is 2. The molecule has 2 aliphatic rings. The van der Waals surface area contributed by atoms with E-state index >= 15 is 0 Å². The number of nitrogens with zero attached hydrogens (tertiary/aromatic N) is 2. The summed E-state index contributed by atoms with van der Waals surface area (Å²) >= 11 is 1.84. The number of rotatable bonds is 3. The quantitative estimate of drug-likeness (QED) is 0.903. The van der Waals surface area contributed by atoms with E-state index < -0.39 is 17.7 Å². The van der Waals surface area contributed by atoms with Gasteiger partial charge < -0.3 is 15.1 Å². The van der Waals surface area contributed by atoms with Crippen molar-refractivity contribution >= 4 is 23.5 Å². The van der Waals surface area contributed by atoms with Crippen LogP contribution in [0.1, 0.15) is 19.3 Å². The Morgan fingerprint density at radius 2 is 1.88 bits per heavy atom. The van der Waals surface area contributed by atoms with Crippen molar-refractivity contribution in [3.05, 3.63) is 29.8 Å². The number of thioether (sulfide) groups is 1. The first-order valence-electron chi connectivity index (χ1n) is 8.47. The molecule has 0 aromatic heterocycles. The Hall–Kier alpha value is -1.34. The van der Waals surface area contributed by atoms with Crippen LogP contribution in [0, 0.1) is 11.6 Å². The summed E-state index contributed by atoms with van der Waals surface area (Å²) in [7, 11) is 0. The zero-order chi connectivity index (χ0) is 16.9. The van der Waals surface area contributed by atoms with Gasteiger partial charge in [0.25, 0.3) is 0 Å². The summed E-state index contributed by atoms with van der Waals surface area (Å²) in [5, 5.41) is 2.44. The predicted molar refractivity (Wildman–Crippen MR) is 93.5 cm³/mol. The molecule has 2 fully saturated rings. The number of nitrogens with one attached hydrogen (secondary N) is 1. The van der Waals surface area contributed by atoms with Gasteiger partial charge in [0.1, 0.15) is 17.3 Å². The highest BCUT2D eigenvalue weighted by atomic mass is 32.2. The summed E-state index contributed by atoms with van der Waals surface area (Å²) in [6.45, 7) is 3.59. The third kappa shape index (κ3) is 4.19. The SMILES string of the molecule is O=C(Nc1c(F)cccc1F)N1CCCSCC1CN1CCCC1. The first-order valence-corrected chi connectivity index (χ1v) is 9.62. The van der Waals surface area contributed by atoms with Crippen molar-refractivity contribution in [2.75, 3.05) is 43.0 Å². The Balaban J connectivity index is 1.71. The van der Waals surface area contributed by atoms with Crippen molar-refractivity contribution in [3.63, 3.8) is 0 Å². The van der Waals surface area contributed by atoms with Gasteiger partial charge in [0.05, 0.1) is 6.04 Å². The number of urea groups is 1. The zero-order valence-electron chi connectivity index (χ0n) is 13.6. The summed E-state index contributed by atoms with van der Waals surface area (Å²) in [5.74, 6) is 0.380. The lowest BCUT2D eigenvalue weighted by atomic mass is 10.2. The summed E-state index contributed by atoms with van der Waals surface area (Å²) in [6, 6.07) is 3.26. The molecule has 2 heterocycles. The maximum atomic E-state index is 13.8. The van der Waals surface area contributed by atoms with Crippen LogP contribution in [0.3, 0.4) is 0 Å². The lowest BCUT2D eigenvalue weighted by molar-refractivity contribution is 0.173. The molecule has 0 bridgehead atoms. The molecule has 7 heteroatoms. The number of carbonyl (C=O) groups is 1. The van der Waals surface area contributed by atoms with E-state index in [2.05, 4.69) is 10.2 Å². The topological polar surface area (TPSA) is 35.6 Å². The summed E-state index contributed by atoms with van der Waals surface area (Å²) < 4.78 is 27.6. The molecular weight excluding hydrogens is 332 g/mol. The molecule has 24 heavy (non-hydrogen) atoms. The number of hydrogen-bond donors (Lipinski definition) is 1. The van der Waals surface area contributed by atoms with Gasteiger partial charge in [0, 0.05) is 18.8 Å². The van der Waals surface area contributed by atoms with Crippen molar-refractivity contribution in [3.8, 4) is 0 Å². The number of carbonyl (C=O) groups excluding carboxylic acids is 1. The van der Waals surface area contributed by atoms with E-state index in [0.29, 0.717) is 6.54 Å². The smallest absolute Gasteiger partial charge is 0.319 e. The van der Waals surface area contributed by atoms with E-state index in [4.69, 9.17) is 0 Å². The van der Waals surface area contributed by atoms with Gasteiger partial charge in [0.2, 0.25) is 0 Å². The van der Waals surface area contributed by atoms with Crippen LogP contribution in [0.4, 0.5) is 19.3 Å². The molecule has 0 saturated carbocycles. The zero-order valence-corrected chi connectivity index (χ0v) is 14.5. The number of likely N-dealkylation sites (tertiary alicyclic amines) is 1. The molecule has 1 aromatic carbocycles. The van der Waals surface area contributed by atoms with Gasteiger partial charge in [-0.2, -0.15) is 11.8 Å². The number of benzene rings is 1. The predicted octanol–water partition coefficient (Wildman–Crippen LogP) is 3.40. The Morgan fingerprint density at radius 3 is 2.58 bits per heavy atom. The van der Waals surface area contributed by atoms with E-state index in [0.717, 1.165) is 49.7 Å². The fourth-order valence-electron chi connectivity index (χ4n) is 3.31. The van der Waals surface area contributed by atoms with Crippen LogP contribution in [-0.2, 0) is 0 Å². The largest absolute Gasteiger partial charge is 0.322 e. The van der Waals surface area contributed by atoms with Gasteiger partial charge in [-0.25, -0.2) is 13.6 Å². The summed E-state index contributed by atoms with van der Waals surface area (Å²) in [5.41, 5.74) is -0.362. The molecule has 1 N–H and O–H groups in total. The maximum Gasteiger partial charge on any atom is 0.322 e. The molecule has 3 rings (SSSR count). The van der Waals surface area contributed by atoms with Crippen LogP contribution in [0.15, 0.2) is 18.2 Å². The van der Waals surface area contributed by atoms with E-state index in [9.17, 15) is 13.6 Å². The number of hydrogen-bond acceptors (Lipinski definition) is 3. The molecular formula is C17H23F2N3OS. The van der Waals surface area contributed by atoms with Crippen molar-refractivity contribution in [1.29, 1.82) is 0 Å². The van der Waals surface area contributed by atoms with Gasteiger partial charge >= 0.3 is 6.03 Å². The van der Waals surface area contributed by atoms with Crippen molar-refractivity contribution in [2.45, 2.75) is 25.3 Å². The molecule has 132 valence electrons. The number of amides is 2. The van der Waals surface area contributed by atoms with Gasteiger partial charge in [-0.15, -0.1) is 0 Å². The average molecular weight is 355 g/mol. The second-order valence-corrected chi connectivity index (χ2v) is 7.46. The van der Waals surface area contributed by atoms with Gasteiger partial charge in [-0.05, 0) is 50.2 Å². The molecule has 2 amide bonds. The average Bonchev–Trinajstić information content (AvgIpc) is 2.95. The normalized spacial score (nSPS) is 22.4. The molecule has 2 aliphatic heterocycles. The molecule has 1 aromatic rings.